The second kappa shape index (κ2) is 6.29. The number of rotatable bonds is 7. The highest BCUT2D eigenvalue weighted by atomic mass is 16.6. The first-order valence-corrected chi connectivity index (χ1v) is 6.17. The van der Waals surface area contributed by atoms with E-state index < -0.39 is 16.4 Å². The Bertz CT molecular complexity index is 557. The van der Waals surface area contributed by atoms with Gasteiger partial charge in [0.25, 0.3) is 5.69 Å². The molecule has 1 aromatic rings. The molecule has 1 rings (SSSR count). The summed E-state index contributed by atoms with van der Waals surface area (Å²) in [4.78, 5) is 21.7. The van der Waals surface area contributed by atoms with Crippen molar-refractivity contribution >= 4 is 17.3 Å². The zero-order chi connectivity index (χ0) is 16.2. The molecule has 116 valence electrons. The van der Waals surface area contributed by atoms with Crippen LogP contribution >= 0.6 is 0 Å². The van der Waals surface area contributed by atoms with E-state index in [0.29, 0.717) is 5.75 Å². The predicted octanol–water partition coefficient (Wildman–Crippen LogP) is 1.68. The zero-order valence-electron chi connectivity index (χ0n) is 12.4. The Kier molecular flexibility index (Phi) is 4.96. The van der Waals surface area contributed by atoms with Crippen molar-refractivity contribution in [1.82, 2.24) is 0 Å². The van der Waals surface area contributed by atoms with Gasteiger partial charge in [-0.05, 0) is 13.8 Å². The van der Waals surface area contributed by atoms with E-state index in [-0.39, 0.29) is 23.5 Å². The number of nitrogens with two attached hydrogens (primary N) is 1. The number of carbonyl (C=O) groups is 1. The summed E-state index contributed by atoms with van der Waals surface area (Å²) in [6.07, 6.45) is 0.0263. The number of carbonyl (C=O) groups excluding carboxylic acids is 1. The second-order valence-electron chi connectivity index (χ2n) is 5.13. The van der Waals surface area contributed by atoms with Crippen molar-refractivity contribution in [2.24, 2.45) is 5.73 Å². The highest BCUT2D eigenvalue weighted by molar-refractivity contribution is 5.76. The van der Waals surface area contributed by atoms with Gasteiger partial charge in [-0.15, -0.1) is 0 Å². The molecule has 1 amide bonds. The molecular formula is C13H19N3O5. The Hall–Kier alpha value is -2.51. The van der Waals surface area contributed by atoms with Gasteiger partial charge in [0.1, 0.15) is 5.69 Å². The first kappa shape index (κ1) is 16.5. The van der Waals surface area contributed by atoms with Gasteiger partial charge in [-0.3, -0.25) is 14.9 Å². The molecule has 8 heteroatoms. The van der Waals surface area contributed by atoms with Crippen molar-refractivity contribution in [2.45, 2.75) is 25.8 Å². The average molecular weight is 297 g/mol. The molecule has 0 heterocycles. The Morgan fingerprint density at radius 2 is 1.86 bits per heavy atom. The third-order valence-corrected chi connectivity index (χ3v) is 2.79. The standard InChI is InChI=1S/C13H19N3O5/c1-13(2,7-12(14)17)15-8-5-10(20-3)11(21-4)6-9(8)16(18)19/h5-6,15H,7H2,1-4H3,(H2,14,17). The quantitative estimate of drug-likeness (QED) is 0.584. The fourth-order valence-electron chi connectivity index (χ4n) is 1.96. The van der Waals surface area contributed by atoms with Gasteiger partial charge in [0, 0.05) is 18.0 Å². The van der Waals surface area contributed by atoms with Gasteiger partial charge in [0.2, 0.25) is 5.91 Å². The number of hydrogen-bond donors (Lipinski definition) is 2. The lowest BCUT2D eigenvalue weighted by Gasteiger charge is -2.26. The van der Waals surface area contributed by atoms with E-state index in [1.54, 1.807) is 13.8 Å². The second-order valence-corrected chi connectivity index (χ2v) is 5.13. The predicted molar refractivity (Wildman–Crippen MR) is 77.7 cm³/mol. The Morgan fingerprint density at radius 3 is 2.29 bits per heavy atom. The van der Waals surface area contributed by atoms with E-state index in [2.05, 4.69) is 5.32 Å². The molecule has 3 N–H and O–H groups in total. The van der Waals surface area contributed by atoms with Crippen LogP contribution in [-0.4, -0.2) is 30.6 Å². The summed E-state index contributed by atoms with van der Waals surface area (Å²) >= 11 is 0. The van der Waals surface area contributed by atoms with E-state index in [9.17, 15) is 14.9 Å². The van der Waals surface area contributed by atoms with Gasteiger partial charge >= 0.3 is 0 Å². The van der Waals surface area contributed by atoms with Crippen LogP contribution in [0.5, 0.6) is 11.5 Å². The molecule has 0 aliphatic heterocycles. The van der Waals surface area contributed by atoms with Crippen LogP contribution in [-0.2, 0) is 4.79 Å². The van der Waals surface area contributed by atoms with Gasteiger partial charge in [-0.2, -0.15) is 0 Å². The van der Waals surface area contributed by atoms with Crippen molar-refractivity contribution in [3.05, 3.63) is 22.2 Å². The minimum atomic E-state index is -0.740. The summed E-state index contributed by atoms with van der Waals surface area (Å²) < 4.78 is 10.2. The van der Waals surface area contributed by atoms with Gasteiger partial charge < -0.3 is 20.5 Å². The van der Waals surface area contributed by atoms with E-state index in [0.717, 1.165) is 0 Å². The number of ether oxygens (including phenoxy) is 2. The maximum Gasteiger partial charge on any atom is 0.296 e. The third-order valence-electron chi connectivity index (χ3n) is 2.79. The molecule has 0 radical (unpaired) electrons. The minimum Gasteiger partial charge on any atom is -0.493 e. The molecule has 0 aliphatic rings. The fourth-order valence-corrected chi connectivity index (χ4v) is 1.96. The lowest BCUT2D eigenvalue weighted by molar-refractivity contribution is -0.384. The number of benzene rings is 1. The van der Waals surface area contributed by atoms with Crippen LogP contribution in [0.15, 0.2) is 12.1 Å². The summed E-state index contributed by atoms with van der Waals surface area (Å²) in [7, 11) is 2.83. The fraction of sp³-hybridized carbons (Fsp3) is 0.462. The SMILES string of the molecule is COc1cc(NC(C)(C)CC(N)=O)c([N+](=O)[O-])cc1OC. The lowest BCUT2D eigenvalue weighted by Crippen LogP contribution is -2.36. The van der Waals surface area contributed by atoms with E-state index >= 15 is 0 Å². The van der Waals surface area contributed by atoms with Crippen LogP contribution in [0.25, 0.3) is 0 Å². The average Bonchev–Trinajstić information content (AvgIpc) is 2.35. The summed E-state index contributed by atoms with van der Waals surface area (Å²) in [5.74, 6) is 0.0959. The van der Waals surface area contributed by atoms with Crippen LogP contribution in [0.2, 0.25) is 0 Å². The molecule has 0 fully saturated rings. The van der Waals surface area contributed by atoms with E-state index in [4.69, 9.17) is 15.2 Å². The first-order valence-electron chi connectivity index (χ1n) is 6.17. The topological polar surface area (TPSA) is 117 Å². The van der Waals surface area contributed by atoms with Crippen LogP contribution in [0, 0.1) is 10.1 Å². The molecule has 0 bridgehead atoms. The molecule has 0 aromatic heterocycles. The highest BCUT2D eigenvalue weighted by Crippen LogP contribution is 2.38. The number of hydrogen-bond acceptors (Lipinski definition) is 6. The maximum atomic E-state index is 11.2. The molecule has 0 atom stereocenters. The molecule has 0 saturated heterocycles. The largest absolute Gasteiger partial charge is 0.493 e. The van der Waals surface area contributed by atoms with Crippen molar-refractivity contribution in [3.8, 4) is 11.5 Å². The lowest BCUT2D eigenvalue weighted by atomic mass is 9.99. The number of primary amides is 1. The number of methoxy groups -OCH3 is 2. The van der Waals surface area contributed by atoms with Crippen LogP contribution < -0.4 is 20.5 Å². The van der Waals surface area contributed by atoms with Crippen molar-refractivity contribution in [2.75, 3.05) is 19.5 Å². The Morgan fingerprint density at radius 1 is 1.33 bits per heavy atom. The van der Waals surface area contributed by atoms with Gasteiger partial charge in [-0.1, -0.05) is 0 Å². The molecule has 1 aromatic carbocycles. The van der Waals surface area contributed by atoms with Crippen LogP contribution in [0.4, 0.5) is 11.4 Å². The summed E-state index contributed by atoms with van der Waals surface area (Å²) in [5.41, 5.74) is 4.48. The van der Waals surface area contributed by atoms with Gasteiger partial charge in [-0.25, -0.2) is 0 Å². The van der Waals surface area contributed by atoms with E-state index in [1.807, 2.05) is 0 Å². The number of amides is 1. The molecular weight excluding hydrogens is 278 g/mol. The van der Waals surface area contributed by atoms with Gasteiger partial charge in [0.15, 0.2) is 11.5 Å². The monoisotopic (exact) mass is 297 g/mol. The van der Waals surface area contributed by atoms with Crippen LogP contribution in [0.3, 0.4) is 0 Å². The summed E-state index contributed by atoms with van der Waals surface area (Å²) in [6.45, 7) is 3.44. The van der Waals surface area contributed by atoms with Crippen LogP contribution in [0.1, 0.15) is 20.3 Å². The smallest absolute Gasteiger partial charge is 0.296 e. The maximum absolute atomic E-state index is 11.2. The molecule has 0 saturated carbocycles. The number of nitro groups is 1. The molecule has 0 unspecified atom stereocenters. The molecule has 0 aliphatic carbocycles. The van der Waals surface area contributed by atoms with Crippen molar-refractivity contribution in [1.29, 1.82) is 0 Å². The molecule has 8 nitrogen and oxygen atoms in total. The zero-order valence-corrected chi connectivity index (χ0v) is 12.4. The normalized spacial score (nSPS) is 10.9. The number of nitrogens with zero attached hydrogens (tertiary/aromatic N) is 1. The Labute approximate surface area is 122 Å². The van der Waals surface area contributed by atoms with Crippen molar-refractivity contribution in [3.63, 3.8) is 0 Å². The minimum absolute atomic E-state index is 0.0263. The summed E-state index contributed by atoms with van der Waals surface area (Å²) in [5, 5.41) is 14.1. The number of nitro benzene ring substituents is 1. The van der Waals surface area contributed by atoms with Gasteiger partial charge in [0.05, 0.1) is 25.2 Å². The third kappa shape index (κ3) is 4.23. The first-order chi connectivity index (χ1) is 9.70. The highest BCUT2D eigenvalue weighted by Gasteiger charge is 2.26. The Balaban J connectivity index is 3.26. The number of nitrogens with one attached hydrogen (secondary N) is 1. The molecule has 0 spiro atoms. The van der Waals surface area contributed by atoms with Crippen molar-refractivity contribution < 1.29 is 19.2 Å². The van der Waals surface area contributed by atoms with E-state index in [1.165, 1.54) is 26.4 Å². The number of anilines is 1. The summed E-state index contributed by atoms with van der Waals surface area (Å²) in [6, 6.07) is 2.72. The molecule has 21 heavy (non-hydrogen) atoms.